The van der Waals surface area contributed by atoms with Gasteiger partial charge in [-0.05, 0) is 82.4 Å². The molecule has 4 aliphatic rings. The van der Waals surface area contributed by atoms with Crippen LogP contribution >= 0.6 is 0 Å². The van der Waals surface area contributed by atoms with Gasteiger partial charge in [-0.3, -0.25) is 9.48 Å². The lowest BCUT2D eigenvalue weighted by Gasteiger charge is -2.39. The van der Waals surface area contributed by atoms with Crippen molar-refractivity contribution in [1.82, 2.24) is 14.7 Å². The molecule has 2 saturated heterocycles. The van der Waals surface area contributed by atoms with E-state index in [1.807, 2.05) is 42.5 Å². The number of benzene rings is 1. The zero-order valence-corrected chi connectivity index (χ0v) is 23.9. The number of allylic oxidation sites excluding steroid dienone is 1. The molecule has 3 fully saturated rings. The van der Waals surface area contributed by atoms with Gasteiger partial charge in [-0.2, -0.15) is 10.4 Å². The van der Waals surface area contributed by atoms with Gasteiger partial charge in [0.2, 0.25) is 0 Å². The first kappa shape index (κ1) is 26.8. The predicted octanol–water partition coefficient (Wildman–Crippen LogP) is 6.97. The van der Waals surface area contributed by atoms with Crippen LogP contribution in [0.4, 0.5) is 4.79 Å². The number of ether oxygens (including phenoxy) is 1. The fourth-order valence-corrected chi connectivity index (χ4v) is 7.43. The summed E-state index contributed by atoms with van der Waals surface area (Å²) in [5.74, 6) is 0.484. The van der Waals surface area contributed by atoms with E-state index in [1.54, 1.807) is 0 Å². The molecule has 1 aromatic carbocycles. The van der Waals surface area contributed by atoms with Crippen LogP contribution in [0, 0.1) is 17.2 Å². The van der Waals surface area contributed by atoms with Gasteiger partial charge >= 0.3 is 6.09 Å². The van der Waals surface area contributed by atoms with Crippen LogP contribution in [0.1, 0.15) is 123 Å². The first-order chi connectivity index (χ1) is 19.2. The number of hydrogen-bond acceptors (Lipinski definition) is 5. The van der Waals surface area contributed by atoms with Gasteiger partial charge in [0.05, 0.1) is 35.0 Å². The summed E-state index contributed by atoms with van der Waals surface area (Å²) in [7, 11) is 0. The molecule has 6 rings (SSSR count). The number of ketones is 1. The summed E-state index contributed by atoms with van der Waals surface area (Å²) >= 11 is 0. The second kappa shape index (κ2) is 10.5. The molecular formula is C33H40N4O3. The zero-order chi connectivity index (χ0) is 28.0. The Balaban J connectivity index is 1.19. The van der Waals surface area contributed by atoms with Gasteiger partial charge in [0.15, 0.2) is 5.78 Å². The van der Waals surface area contributed by atoms with E-state index in [9.17, 15) is 14.9 Å². The maximum Gasteiger partial charge on any atom is 0.410 e. The summed E-state index contributed by atoms with van der Waals surface area (Å²) in [5.41, 5.74) is 4.40. The highest BCUT2D eigenvalue weighted by atomic mass is 16.6. The number of rotatable bonds is 4. The van der Waals surface area contributed by atoms with E-state index in [0.717, 1.165) is 73.9 Å². The number of piperidine rings is 1. The van der Waals surface area contributed by atoms with E-state index < -0.39 is 5.60 Å². The highest BCUT2D eigenvalue weighted by molar-refractivity contribution is 6.03. The van der Waals surface area contributed by atoms with Crippen molar-refractivity contribution >= 4 is 18.0 Å². The topological polar surface area (TPSA) is 88.2 Å². The van der Waals surface area contributed by atoms with Crippen LogP contribution in [-0.2, 0) is 11.2 Å². The maximum absolute atomic E-state index is 13.0. The minimum atomic E-state index is -0.479. The average molecular weight is 541 g/mol. The van der Waals surface area contributed by atoms with Crippen molar-refractivity contribution in [3.63, 3.8) is 0 Å². The zero-order valence-electron chi connectivity index (χ0n) is 23.9. The molecule has 2 aromatic rings. The third-order valence-electron chi connectivity index (χ3n) is 9.25. The Hall–Kier alpha value is -3.40. The van der Waals surface area contributed by atoms with Crippen LogP contribution < -0.4 is 0 Å². The van der Waals surface area contributed by atoms with Crippen molar-refractivity contribution in [3.05, 3.63) is 58.4 Å². The number of nitriles is 1. The van der Waals surface area contributed by atoms with Gasteiger partial charge in [-0.1, -0.05) is 43.2 Å². The molecule has 2 bridgehead atoms. The highest BCUT2D eigenvalue weighted by Gasteiger charge is 2.45. The molecule has 1 saturated carbocycles. The van der Waals surface area contributed by atoms with Crippen molar-refractivity contribution in [2.75, 3.05) is 0 Å². The molecule has 7 nitrogen and oxygen atoms in total. The molecule has 40 heavy (non-hydrogen) atoms. The number of fused-ring (bicyclic) bond motifs is 3. The molecule has 210 valence electrons. The van der Waals surface area contributed by atoms with Gasteiger partial charge < -0.3 is 9.64 Å². The van der Waals surface area contributed by atoms with E-state index in [4.69, 9.17) is 9.84 Å². The molecule has 2 aliphatic heterocycles. The number of hydrogen-bond donors (Lipinski definition) is 0. The first-order valence-corrected chi connectivity index (χ1v) is 15.0. The Bertz CT molecular complexity index is 1350. The number of amides is 1. The van der Waals surface area contributed by atoms with Gasteiger partial charge in [0.1, 0.15) is 5.60 Å². The second-order valence-corrected chi connectivity index (χ2v) is 13.1. The lowest BCUT2D eigenvalue weighted by Crippen LogP contribution is -2.48. The molecule has 7 heteroatoms. The van der Waals surface area contributed by atoms with Gasteiger partial charge in [-0.15, -0.1) is 0 Å². The molecule has 5 atom stereocenters. The van der Waals surface area contributed by atoms with Crippen LogP contribution in [0.2, 0.25) is 0 Å². The van der Waals surface area contributed by atoms with Crippen LogP contribution in [-0.4, -0.2) is 44.2 Å². The lowest BCUT2D eigenvalue weighted by molar-refractivity contribution is 0.00583. The van der Waals surface area contributed by atoms with Crippen LogP contribution in [0.25, 0.3) is 6.08 Å². The average Bonchev–Trinajstić information content (AvgIpc) is 3.42. The summed E-state index contributed by atoms with van der Waals surface area (Å²) in [6.45, 7) is 5.77. The van der Waals surface area contributed by atoms with Crippen molar-refractivity contribution in [2.45, 2.75) is 115 Å². The Morgan fingerprint density at radius 3 is 2.45 bits per heavy atom. The third-order valence-corrected chi connectivity index (χ3v) is 9.25. The van der Waals surface area contributed by atoms with Crippen LogP contribution in [0.5, 0.6) is 0 Å². The first-order valence-electron chi connectivity index (χ1n) is 15.0. The normalized spacial score (nSPS) is 27.8. The molecule has 0 N–H and O–H groups in total. The summed E-state index contributed by atoms with van der Waals surface area (Å²) in [6, 6.07) is 11.8. The second-order valence-electron chi connectivity index (χ2n) is 13.1. The lowest BCUT2D eigenvalue weighted by atomic mass is 9.84. The molecule has 1 aromatic heterocycles. The van der Waals surface area contributed by atoms with Gasteiger partial charge in [0, 0.05) is 24.9 Å². The van der Waals surface area contributed by atoms with E-state index in [0.29, 0.717) is 18.8 Å². The van der Waals surface area contributed by atoms with Gasteiger partial charge in [-0.25, -0.2) is 4.79 Å². The number of carbonyl (C=O) groups is 2. The molecule has 1 amide bonds. The Morgan fingerprint density at radius 1 is 1.07 bits per heavy atom. The largest absolute Gasteiger partial charge is 0.444 e. The Morgan fingerprint density at radius 2 is 1.77 bits per heavy atom. The summed E-state index contributed by atoms with van der Waals surface area (Å²) in [4.78, 5) is 27.9. The summed E-state index contributed by atoms with van der Waals surface area (Å²) in [6.07, 6.45) is 12.8. The smallest absolute Gasteiger partial charge is 0.410 e. The maximum atomic E-state index is 13.0. The van der Waals surface area contributed by atoms with E-state index in [-0.39, 0.29) is 35.9 Å². The summed E-state index contributed by atoms with van der Waals surface area (Å²) in [5, 5.41) is 14.8. The van der Waals surface area contributed by atoms with Gasteiger partial charge in [0.25, 0.3) is 0 Å². The molecule has 2 aliphatic carbocycles. The fraction of sp³-hybridized carbons (Fsp3) is 0.576. The molecule has 0 spiro atoms. The highest BCUT2D eigenvalue weighted by Crippen LogP contribution is 2.44. The van der Waals surface area contributed by atoms with E-state index in [2.05, 4.69) is 30.3 Å². The SMILES string of the molecule is CC(C)(C)OC(=O)N1[C@@H]2CC[C@H]1CC(c1ccc(Cc3nn([C@H]4CCCC[C@@H]4C#N)c4c3C(=O)CC=C4)cc1)C2. The predicted molar refractivity (Wildman–Crippen MR) is 153 cm³/mol. The quantitative estimate of drug-likeness (QED) is 0.418. The van der Waals surface area contributed by atoms with Crippen LogP contribution in [0.3, 0.4) is 0 Å². The Kier molecular flexibility index (Phi) is 7.06. The Labute approximate surface area is 237 Å². The number of aromatic nitrogens is 2. The number of Topliss-reactive ketones (excluding diaryl/α,β-unsaturated/α-hetero) is 1. The van der Waals surface area contributed by atoms with Crippen molar-refractivity contribution in [3.8, 4) is 6.07 Å². The number of carbonyl (C=O) groups excluding carboxylic acids is 2. The molecule has 1 unspecified atom stereocenters. The third kappa shape index (κ3) is 5.09. The number of nitrogens with zero attached hydrogens (tertiary/aromatic N) is 4. The van der Waals surface area contributed by atoms with E-state index in [1.165, 1.54) is 5.56 Å². The van der Waals surface area contributed by atoms with E-state index >= 15 is 0 Å². The standard InChI is InChI=1S/C33H40N4O3/c1-33(2,3)40-32(39)36-25-15-16-26(36)19-24(18-25)22-13-11-21(12-14-22)17-27-31-29(9-6-10-30(31)38)37(35-27)28-8-5-4-7-23(28)20-34/h6,9,11-14,23-26,28H,4-5,7-8,10,15-19H2,1-3H3/t23-,24?,25-,26+,28+/m1/s1. The summed E-state index contributed by atoms with van der Waals surface area (Å²) < 4.78 is 7.70. The van der Waals surface area contributed by atoms with Crippen molar-refractivity contribution in [2.24, 2.45) is 5.92 Å². The van der Waals surface area contributed by atoms with Crippen LogP contribution in [0.15, 0.2) is 30.3 Å². The molecule has 3 heterocycles. The van der Waals surface area contributed by atoms with Crippen molar-refractivity contribution < 1.29 is 14.3 Å². The molecule has 0 radical (unpaired) electrons. The molecular weight excluding hydrogens is 500 g/mol. The fourth-order valence-electron chi connectivity index (χ4n) is 7.43. The minimum absolute atomic E-state index is 0.0288. The minimum Gasteiger partial charge on any atom is -0.444 e. The monoisotopic (exact) mass is 540 g/mol. The van der Waals surface area contributed by atoms with Crippen molar-refractivity contribution in [1.29, 1.82) is 5.26 Å².